The summed E-state index contributed by atoms with van der Waals surface area (Å²) in [4.78, 5) is 0. The van der Waals surface area contributed by atoms with Crippen LogP contribution in [0.1, 0.15) is 0 Å². The minimum atomic E-state index is 0. The minimum absolute atomic E-state index is 0. The molecule has 0 radical (unpaired) electrons. The fourth-order valence-electron chi connectivity index (χ4n) is 0. The molecule has 0 aromatic carbocycles. The zero-order valence-electron chi connectivity index (χ0n) is 9.52. The van der Waals surface area contributed by atoms with Crippen LogP contribution in [0.25, 0.3) is 12.3 Å². The molecule has 0 spiro atoms. The van der Waals surface area contributed by atoms with Crippen LogP contribution < -0.4 is 0 Å². The van der Waals surface area contributed by atoms with Crippen LogP contribution in [0.4, 0.5) is 0 Å². The molecular weight excluding hydrogens is 462 g/mol. The van der Waals surface area contributed by atoms with Gasteiger partial charge in [0.15, 0.2) is 0 Å². The maximum Gasteiger partial charge on any atom is 2.00 e. The summed E-state index contributed by atoms with van der Waals surface area (Å²) in [7, 11) is 0. The molecule has 128 valence electrons. The molecule has 0 rings (SSSR count). The summed E-state index contributed by atoms with van der Waals surface area (Å²) in [6.45, 7) is 19.0. The molecule has 0 heterocycles. The van der Waals surface area contributed by atoms with Gasteiger partial charge < -0.3 is 81.9 Å². The molecule has 0 unspecified atom stereocenters. The van der Waals surface area contributed by atoms with E-state index >= 15 is 0 Å². The Bertz CT molecular complexity index is 71.3. The fraction of sp³-hybridized carbons (Fsp3) is 0. The van der Waals surface area contributed by atoms with Gasteiger partial charge in [0.1, 0.15) is 0 Å². The molecule has 0 atom stereocenters. The van der Waals surface area contributed by atoms with Gasteiger partial charge in [-0.25, -0.2) is 0 Å². The first-order valence-corrected chi connectivity index (χ1v) is 0.894. The Balaban J connectivity index is -0.000000000833. The Morgan fingerprint density at radius 3 is 0.389 bits per heavy atom. The smallest absolute Gasteiger partial charge is 0.693 e. The van der Waals surface area contributed by atoms with Crippen LogP contribution in [0.3, 0.4) is 0 Å². The van der Waals surface area contributed by atoms with Crippen LogP contribution in [0.5, 0.6) is 0 Å². The Morgan fingerprint density at radius 1 is 0.389 bits per heavy atom. The third-order valence-electron chi connectivity index (χ3n) is 0. The van der Waals surface area contributed by atoms with Gasteiger partial charge in [-0.05, 0) is 0 Å². The van der Waals surface area contributed by atoms with Gasteiger partial charge in [-0.15, -0.1) is 0 Å². The fourth-order valence-corrected chi connectivity index (χ4v) is 0. The van der Waals surface area contributed by atoms with Gasteiger partial charge in [0.05, 0.1) is 0 Å². The predicted molar refractivity (Wildman–Crippen MR) is 49.7 cm³/mol. The molecule has 0 aromatic heterocycles. The van der Waals surface area contributed by atoms with Crippen molar-refractivity contribution < 1.29 is 82.5 Å². The van der Waals surface area contributed by atoms with Gasteiger partial charge in [-0.1, -0.05) is 0 Å². The summed E-state index contributed by atoms with van der Waals surface area (Å²) in [5.74, 6) is 0. The summed E-state index contributed by atoms with van der Waals surface area (Å²) in [5, 5.41) is 25.0. The van der Waals surface area contributed by atoms with Crippen molar-refractivity contribution in [2.75, 3.05) is 0 Å². The molecule has 0 bridgehead atoms. The van der Waals surface area contributed by atoms with Crippen LogP contribution in [0, 0.1) is 69.6 Å². The monoisotopic (exact) mass is 471 g/mol. The van der Waals surface area contributed by atoms with Crippen LogP contribution in [0.2, 0.25) is 0 Å². The molecule has 0 fully saturated rings. The third kappa shape index (κ3) is 31900. The average Bonchev–Trinajstić information content (AvgIpc) is 2.03. The van der Waals surface area contributed by atoms with Gasteiger partial charge in [0.25, 0.3) is 0 Å². The first kappa shape index (κ1) is 292. The second kappa shape index (κ2) is 38400. The van der Waals surface area contributed by atoms with Gasteiger partial charge in [-0.3, -0.25) is 0 Å². The van der Waals surface area contributed by atoms with E-state index in [1.54, 1.807) is 0 Å². The average molecular weight is 475 g/mol. The van der Waals surface area contributed by atoms with Crippen LogP contribution in [-0.4, -0.2) is 0 Å². The van der Waals surface area contributed by atoms with E-state index in [0.29, 0.717) is 0 Å². The van der Waals surface area contributed by atoms with Gasteiger partial charge in [-0.2, -0.15) is 0 Å². The molecule has 6 nitrogen and oxygen atoms in total. The standard InChI is InChI=1S/4CN.3CH3.2H2N.5Ni/c4*1-2;;;;;;;;;;/h;;;;3*1H3;2*1H2;;;;;/q9*-1;;;;;+2. The van der Waals surface area contributed by atoms with Crippen molar-refractivity contribution in [2.45, 2.75) is 0 Å². The van der Waals surface area contributed by atoms with Crippen molar-refractivity contribution in [2.24, 2.45) is 0 Å². The summed E-state index contributed by atoms with van der Waals surface area (Å²) in [5.41, 5.74) is 0. The maximum absolute atomic E-state index is 6.25. The van der Waals surface area contributed by atoms with Crippen molar-refractivity contribution in [3.63, 3.8) is 0 Å². The van der Waals surface area contributed by atoms with Crippen molar-refractivity contribution in [3.05, 3.63) is 60.9 Å². The molecule has 4 N–H and O–H groups in total. The van der Waals surface area contributed by atoms with E-state index in [9.17, 15) is 0 Å². The number of hydrogen-bond acceptors (Lipinski definition) is 4. The molecule has 18 heavy (non-hydrogen) atoms. The number of rotatable bonds is 0. The summed E-state index contributed by atoms with van der Waals surface area (Å²) in [6, 6.07) is 0. The van der Waals surface area contributed by atoms with E-state index in [-0.39, 0.29) is 117 Å². The SMILES string of the molecule is [C-]#N.[C-]#N.[C-]#N.[C-]#N.[CH3-].[CH3-].[CH3-].[NH2-].[NH2-].[Ni+2].[Ni].[Ni].[Ni].[Ni]. The number of nitrogens with two attached hydrogens (primary N) is 2. The van der Waals surface area contributed by atoms with Gasteiger partial charge in [0, 0.05) is 66.0 Å². The molecule has 0 saturated carbocycles. The second-order valence-corrected chi connectivity index (χ2v) is 0. The second-order valence-electron chi connectivity index (χ2n) is 0. The molecule has 0 aromatic rings. The first-order valence-electron chi connectivity index (χ1n) is 0.894. The van der Waals surface area contributed by atoms with E-state index in [4.69, 9.17) is 47.3 Å². The molecule has 0 amide bonds. The third-order valence-corrected chi connectivity index (χ3v) is 0. The quantitative estimate of drug-likeness (QED) is 0.389. The minimum Gasteiger partial charge on any atom is -0.693 e. The molecule has 11 heteroatoms. The molecule has 0 aliphatic heterocycles. The maximum atomic E-state index is 6.25. The molecule has 0 aliphatic rings. The predicted octanol–water partition coefficient (Wildman–Crippen LogP) is 3.16. The van der Waals surface area contributed by atoms with E-state index in [1.165, 1.54) is 0 Å². The van der Waals surface area contributed by atoms with Crippen molar-refractivity contribution in [1.82, 2.24) is 0 Å². The Morgan fingerprint density at radius 2 is 0.389 bits per heavy atom. The zero-order valence-corrected chi connectivity index (χ0v) is 14.5. The van der Waals surface area contributed by atoms with Gasteiger partial charge >= 0.3 is 16.5 Å². The number of nitrogens with zero attached hydrogens (tertiary/aromatic N) is 4. The van der Waals surface area contributed by atoms with E-state index in [2.05, 4.69) is 0 Å². The summed E-state index contributed by atoms with van der Waals surface area (Å²) < 4.78 is 0. The molecular formula is C7H13N6Ni5-7. The molecule has 0 aliphatic carbocycles. The van der Waals surface area contributed by atoms with Crippen LogP contribution in [-0.2, 0) is 82.5 Å². The van der Waals surface area contributed by atoms with Crippen molar-refractivity contribution >= 4 is 0 Å². The van der Waals surface area contributed by atoms with Crippen LogP contribution >= 0.6 is 0 Å². The largest absolute Gasteiger partial charge is 2.00 e. The first-order chi connectivity index (χ1) is 4.00. The molecule has 0 saturated heterocycles. The van der Waals surface area contributed by atoms with E-state index in [0.717, 1.165) is 0 Å². The summed E-state index contributed by atoms with van der Waals surface area (Å²) in [6.07, 6.45) is 0. The van der Waals surface area contributed by atoms with Gasteiger partial charge in [0.2, 0.25) is 0 Å². The Labute approximate surface area is 163 Å². The van der Waals surface area contributed by atoms with Crippen LogP contribution in [0.15, 0.2) is 0 Å². The Kier molecular flexibility index (Phi) is 623000. The number of hydrogen-bond donors (Lipinski definition) is 0. The van der Waals surface area contributed by atoms with E-state index < -0.39 is 0 Å². The summed E-state index contributed by atoms with van der Waals surface area (Å²) >= 11 is 0. The van der Waals surface area contributed by atoms with Crippen molar-refractivity contribution in [1.29, 1.82) is 21.0 Å². The normalized spacial score (nSPS) is 0.444. The Hall–Kier alpha value is 0.348. The topological polar surface area (TPSA) is 162 Å². The zero-order chi connectivity index (χ0) is 8.00. The van der Waals surface area contributed by atoms with E-state index in [1.807, 2.05) is 0 Å². The van der Waals surface area contributed by atoms with Crippen molar-refractivity contribution in [3.8, 4) is 0 Å².